The van der Waals surface area contributed by atoms with Gasteiger partial charge in [0.1, 0.15) is 5.56 Å². The molecule has 0 bridgehead atoms. The number of hydrogen-bond donors (Lipinski definition) is 0. The number of nitrogens with zero attached hydrogens (tertiary/aromatic N) is 3. The molecule has 0 unspecified atom stereocenters. The fourth-order valence-corrected chi connectivity index (χ4v) is 2.28. The van der Waals surface area contributed by atoms with Crippen molar-refractivity contribution >= 4 is 11.7 Å². The van der Waals surface area contributed by atoms with E-state index in [4.69, 9.17) is 9.26 Å². The molecule has 8 nitrogen and oxygen atoms in total. The Balaban J connectivity index is 1.72. The molecule has 0 amide bonds. The van der Waals surface area contributed by atoms with Crippen molar-refractivity contribution in [2.45, 2.75) is 12.8 Å². The van der Waals surface area contributed by atoms with Crippen LogP contribution in [0.25, 0.3) is 11.4 Å². The van der Waals surface area contributed by atoms with Crippen molar-refractivity contribution in [3.8, 4) is 11.4 Å². The van der Waals surface area contributed by atoms with Crippen LogP contribution in [0.15, 0.2) is 53.1 Å². The van der Waals surface area contributed by atoms with E-state index in [9.17, 15) is 28.1 Å². The zero-order chi connectivity index (χ0) is 20.3. The van der Waals surface area contributed by atoms with E-state index in [-0.39, 0.29) is 22.8 Å². The van der Waals surface area contributed by atoms with Gasteiger partial charge in [0, 0.05) is 11.6 Å². The zero-order valence-corrected chi connectivity index (χ0v) is 13.8. The molecule has 0 aliphatic heterocycles. The predicted molar refractivity (Wildman–Crippen MR) is 87.0 cm³/mol. The van der Waals surface area contributed by atoms with Crippen LogP contribution in [0.2, 0.25) is 0 Å². The first-order valence-electron chi connectivity index (χ1n) is 7.66. The number of nitro groups is 1. The second-order valence-electron chi connectivity index (χ2n) is 5.44. The minimum Gasteiger partial charge on any atom is -0.452 e. The van der Waals surface area contributed by atoms with E-state index in [0.717, 1.165) is 18.2 Å². The van der Waals surface area contributed by atoms with Crippen LogP contribution in [-0.4, -0.2) is 21.0 Å². The third-order valence-electron chi connectivity index (χ3n) is 3.56. The summed E-state index contributed by atoms with van der Waals surface area (Å²) in [6.07, 6.45) is -4.53. The van der Waals surface area contributed by atoms with Crippen molar-refractivity contribution in [1.29, 1.82) is 0 Å². The minimum absolute atomic E-state index is 0.0647. The first-order valence-corrected chi connectivity index (χ1v) is 7.66. The Morgan fingerprint density at radius 3 is 2.64 bits per heavy atom. The van der Waals surface area contributed by atoms with Crippen LogP contribution in [0.4, 0.5) is 18.9 Å². The van der Waals surface area contributed by atoms with Crippen LogP contribution in [-0.2, 0) is 17.5 Å². The number of nitro benzene ring substituents is 1. The lowest BCUT2D eigenvalue weighted by Gasteiger charge is -2.06. The summed E-state index contributed by atoms with van der Waals surface area (Å²) < 4.78 is 48.1. The third kappa shape index (κ3) is 4.14. The van der Waals surface area contributed by atoms with Crippen molar-refractivity contribution in [3.05, 3.63) is 75.7 Å². The van der Waals surface area contributed by atoms with Crippen LogP contribution in [0.3, 0.4) is 0 Å². The smallest absolute Gasteiger partial charge is 0.416 e. The molecule has 0 spiro atoms. The molecule has 3 aromatic rings. The van der Waals surface area contributed by atoms with Crippen LogP contribution >= 0.6 is 0 Å². The number of rotatable bonds is 5. The third-order valence-corrected chi connectivity index (χ3v) is 3.56. The number of esters is 1. The topological polar surface area (TPSA) is 108 Å². The lowest BCUT2D eigenvalue weighted by atomic mass is 10.1. The Hall–Kier alpha value is -3.76. The number of carbonyl (C=O) groups is 1. The number of halogens is 3. The fraction of sp³-hybridized carbons (Fsp3) is 0.118. The zero-order valence-electron chi connectivity index (χ0n) is 13.8. The Bertz CT molecular complexity index is 1030. The highest BCUT2D eigenvalue weighted by Gasteiger charge is 2.30. The van der Waals surface area contributed by atoms with Gasteiger partial charge < -0.3 is 9.26 Å². The van der Waals surface area contributed by atoms with E-state index in [0.29, 0.717) is 0 Å². The summed E-state index contributed by atoms with van der Waals surface area (Å²) in [6, 6.07) is 9.52. The van der Waals surface area contributed by atoms with E-state index in [1.54, 1.807) is 0 Å². The molecule has 1 heterocycles. The molecule has 0 saturated heterocycles. The van der Waals surface area contributed by atoms with E-state index in [1.165, 1.54) is 30.3 Å². The molecule has 0 aliphatic rings. The van der Waals surface area contributed by atoms with Gasteiger partial charge in [-0.2, -0.15) is 18.2 Å². The van der Waals surface area contributed by atoms with Crippen molar-refractivity contribution in [2.24, 2.45) is 0 Å². The second kappa shape index (κ2) is 7.47. The Morgan fingerprint density at radius 2 is 1.93 bits per heavy atom. The molecule has 0 saturated carbocycles. The summed E-state index contributed by atoms with van der Waals surface area (Å²) in [6.45, 7) is -0.503. The number of benzene rings is 2. The van der Waals surface area contributed by atoms with Crippen molar-refractivity contribution in [1.82, 2.24) is 10.1 Å². The molecule has 0 radical (unpaired) electrons. The molecule has 0 fully saturated rings. The van der Waals surface area contributed by atoms with Gasteiger partial charge in [0.05, 0.1) is 10.5 Å². The van der Waals surface area contributed by atoms with E-state index < -0.39 is 34.9 Å². The second-order valence-corrected chi connectivity index (χ2v) is 5.44. The summed E-state index contributed by atoms with van der Waals surface area (Å²) in [5.74, 6) is -1.28. The van der Waals surface area contributed by atoms with Crippen molar-refractivity contribution in [2.75, 3.05) is 0 Å². The molecule has 3 rings (SSSR count). The Labute approximate surface area is 154 Å². The van der Waals surface area contributed by atoms with E-state index >= 15 is 0 Å². The molecule has 144 valence electrons. The molecule has 0 aliphatic carbocycles. The highest BCUT2D eigenvalue weighted by Crippen LogP contribution is 2.31. The van der Waals surface area contributed by atoms with Gasteiger partial charge >= 0.3 is 12.1 Å². The Kier molecular flexibility index (Phi) is 5.07. The minimum atomic E-state index is -4.53. The van der Waals surface area contributed by atoms with Crippen LogP contribution in [0.1, 0.15) is 21.8 Å². The quantitative estimate of drug-likeness (QED) is 0.366. The average molecular weight is 393 g/mol. The maximum atomic E-state index is 12.8. The highest BCUT2D eigenvalue weighted by molar-refractivity contribution is 5.93. The monoisotopic (exact) mass is 393 g/mol. The van der Waals surface area contributed by atoms with Gasteiger partial charge in [-0.15, -0.1) is 0 Å². The van der Waals surface area contributed by atoms with Crippen LogP contribution < -0.4 is 0 Å². The van der Waals surface area contributed by atoms with E-state index in [2.05, 4.69) is 10.1 Å². The maximum Gasteiger partial charge on any atom is 0.416 e. The maximum absolute atomic E-state index is 12.8. The summed E-state index contributed by atoms with van der Waals surface area (Å²) in [7, 11) is 0. The molecule has 0 N–H and O–H groups in total. The van der Waals surface area contributed by atoms with Crippen molar-refractivity contribution < 1.29 is 32.1 Å². The first-order chi connectivity index (χ1) is 13.3. The van der Waals surface area contributed by atoms with Crippen LogP contribution in [0, 0.1) is 10.1 Å². The van der Waals surface area contributed by atoms with Crippen molar-refractivity contribution in [3.63, 3.8) is 0 Å². The molecule has 28 heavy (non-hydrogen) atoms. The number of para-hydroxylation sites is 1. The fourth-order valence-electron chi connectivity index (χ4n) is 2.28. The predicted octanol–water partition coefficient (Wildman–Crippen LogP) is 4.02. The summed E-state index contributed by atoms with van der Waals surface area (Å²) in [5, 5.41) is 14.5. The van der Waals surface area contributed by atoms with E-state index in [1.807, 2.05) is 0 Å². The van der Waals surface area contributed by atoms with Gasteiger partial charge in [-0.25, -0.2) is 4.79 Å². The lowest BCUT2D eigenvalue weighted by molar-refractivity contribution is -0.385. The molecular formula is C17H10F3N3O5. The number of hydrogen-bond acceptors (Lipinski definition) is 7. The average Bonchev–Trinajstić information content (AvgIpc) is 3.14. The summed E-state index contributed by atoms with van der Waals surface area (Å²) in [4.78, 5) is 26.1. The van der Waals surface area contributed by atoms with Gasteiger partial charge in [0.15, 0.2) is 6.61 Å². The van der Waals surface area contributed by atoms with Gasteiger partial charge in [-0.1, -0.05) is 29.4 Å². The number of aromatic nitrogens is 2. The largest absolute Gasteiger partial charge is 0.452 e. The summed E-state index contributed by atoms with van der Waals surface area (Å²) >= 11 is 0. The molecule has 11 heteroatoms. The Morgan fingerprint density at radius 1 is 1.18 bits per heavy atom. The number of ether oxygens (including phenoxy) is 1. The molecular weight excluding hydrogens is 383 g/mol. The van der Waals surface area contributed by atoms with Gasteiger partial charge in [-0.05, 0) is 18.2 Å². The normalized spacial score (nSPS) is 11.2. The highest BCUT2D eigenvalue weighted by atomic mass is 19.4. The number of alkyl halides is 3. The lowest BCUT2D eigenvalue weighted by Crippen LogP contribution is -2.08. The van der Waals surface area contributed by atoms with Gasteiger partial charge in [-0.3, -0.25) is 10.1 Å². The summed E-state index contributed by atoms with van der Waals surface area (Å²) in [5.41, 5.74) is -1.50. The molecule has 0 atom stereocenters. The standard InChI is InChI=1S/C17H10F3N3O5/c18-17(19,20)11-5-3-4-10(8-11)15-21-14(28-22-15)9-27-16(24)12-6-1-2-7-13(12)23(25)26/h1-8H,9H2. The molecule has 2 aromatic carbocycles. The van der Waals surface area contributed by atoms with Gasteiger partial charge in [0.2, 0.25) is 5.82 Å². The van der Waals surface area contributed by atoms with Crippen LogP contribution in [0.5, 0.6) is 0 Å². The number of carbonyl (C=O) groups excluding carboxylic acids is 1. The SMILES string of the molecule is O=C(OCc1nc(-c2cccc(C(F)(F)F)c2)no1)c1ccccc1[N+](=O)[O-]. The molecule has 1 aromatic heterocycles. The van der Waals surface area contributed by atoms with Gasteiger partial charge in [0.25, 0.3) is 11.6 Å². The first kappa shape index (κ1) is 19.0.